The van der Waals surface area contributed by atoms with Gasteiger partial charge in [0.2, 0.25) is 0 Å². The van der Waals surface area contributed by atoms with Gasteiger partial charge in [-0.2, -0.15) is 5.10 Å². The van der Waals surface area contributed by atoms with Gasteiger partial charge in [0.1, 0.15) is 12.4 Å². The Balaban J connectivity index is 2.21. The fourth-order valence-electron chi connectivity index (χ4n) is 1.93. The van der Waals surface area contributed by atoms with E-state index in [4.69, 9.17) is 27.9 Å². The van der Waals surface area contributed by atoms with Gasteiger partial charge in [0.25, 0.3) is 0 Å². The first-order valence-corrected chi connectivity index (χ1v) is 7.95. The average molecular weight is 378 g/mol. The number of aryl methyl sites for hydroxylation is 2. The normalized spacial score (nSPS) is 10.8. The van der Waals surface area contributed by atoms with Crippen LogP contribution in [0.25, 0.3) is 0 Å². The number of aromatic nitrogens is 2. The molecule has 0 radical (unpaired) electrons. The van der Waals surface area contributed by atoms with Crippen molar-refractivity contribution in [2.24, 2.45) is 7.05 Å². The molecule has 108 valence electrons. The zero-order valence-electron chi connectivity index (χ0n) is 11.3. The summed E-state index contributed by atoms with van der Waals surface area (Å²) in [6, 6.07) is 5.53. The van der Waals surface area contributed by atoms with Crippen LogP contribution in [0.4, 0.5) is 0 Å². The highest BCUT2D eigenvalue weighted by Crippen LogP contribution is 2.29. The fraction of sp³-hybridized carbons (Fsp3) is 0.357. The Morgan fingerprint density at radius 3 is 2.75 bits per heavy atom. The third-order valence-electron chi connectivity index (χ3n) is 3.08. The van der Waals surface area contributed by atoms with Crippen LogP contribution in [0.3, 0.4) is 0 Å². The van der Waals surface area contributed by atoms with Crippen molar-refractivity contribution < 1.29 is 4.74 Å². The molecule has 0 N–H and O–H groups in total. The number of rotatable bonds is 5. The van der Waals surface area contributed by atoms with Crippen molar-refractivity contribution in [3.8, 4) is 5.75 Å². The highest BCUT2D eigenvalue weighted by Gasteiger charge is 2.14. The largest absolute Gasteiger partial charge is 0.487 e. The topological polar surface area (TPSA) is 27.1 Å². The molecule has 0 atom stereocenters. The van der Waals surface area contributed by atoms with Crippen LogP contribution in [0.2, 0.25) is 5.02 Å². The quantitative estimate of drug-likeness (QED) is 0.705. The molecule has 0 bridgehead atoms. The van der Waals surface area contributed by atoms with E-state index in [-0.39, 0.29) is 0 Å². The molecule has 3 nitrogen and oxygen atoms in total. The fourth-order valence-corrected chi connectivity index (χ4v) is 3.23. The molecular formula is C14H15BrCl2N2O. The molecular weight excluding hydrogens is 363 g/mol. The number of nitrogens with zero attached hydrogens (tertiary/aromatic N) is 2. The van der Waals surface area contributed by atoms with Crippen LogP contribution in [0.5, 0.6) is 5.75 Å². The molecule has 0 unspecified atom stereocenters. The van der Waals surface area contributed by atoms with E-state index in [2.05, 4.69) is 28.0 Å². The second-order valence-electron chi connectivity index (χ2n) is 4.32. The van der Waals surface area contributed by atoms with E-state index >= 15 is 0 Å². The van der Waals surface area contributed by atoms with Crippen LogP contribution in [0.15, 0.2) is 22.7 Å². The van der Waals surface area contributed by atoms with E-state index < -0.39 is 0 Å². The highest BCUT2D eigenvalue weighted by molar-refractivity contribution is 9.10. The Bertz CT molecular complexity index is 613. The van der Waals surface area contributed by atoms with Crippen LogP contribution in [0, 0.1) is 0 Å². The molecule has 0 aliphatic heterocycles. The van der Waals surface area contributed by atoms with Crippen LogP contribution >= 0.6 is 39.1 Å². The first kappa shape index (κ1) is 15.7. The van der Waals surface area contributed by atoms with E-state index in [1.165, 1.54) is 0 Å². The lowest BCUT2D eigenvalue weighted by atomic mass is 10.2. The summed E-state index contributed by atoms with van der Waals surface area (Å²) >= 11 is 15.6. The third kappa shape index (κ3) is 3.13. The van der Waals surface area contributed by atoms with E-state index in [0.717, 1.165) is 27.8 Å². The third-order valence-corrected chi connectivity index (χ3v) is 4.61. The van der Waals surface area contributed by atoms with Gasteiger partial charge in [-0.1, -0.05) is 24.6 Å². The maximum absolute atomic E-state index is 6.11. The van der Waals surface area contributed by atoms with Crippen molar-refractivity contribution in [1.82, 2.24) is 9.78 Å². The Labute approximate surface area is 137 Å². The summed E-state index contributed by atoms with van der Waals surface area (Å²) in [4.78, 5) is 0. The van der Waals surface area contributed by atoms with E-state index in [1.54, 1.807) is 6.07 Å². The summed E-state index contributed by atoms with van der Waals surface area (Å²) in [6.45, 7) is 2.48. The van der Waals surface area contributed by atoms with Gasteiger partial charge in [-0.05, 0) is 34.5 Å². The molecule has 20 heavy (non-hydrogen) atoms. The second-order valence-corrected chi connectivity index (χ2v) is 5.79. The molecule has 0 saturated carbocycles. The van der Waals surface area contributed by atoms with Crippen molar-refractivity contribution in [3.63, 3.8) is 0 Å². The summed E-state index contributed by atoms with van der Waals surface area (Å²) in [7, 11) is 1.91. The van der Waals surface area contributed by atoms with Crippen LogP contribution in [-0.2, 0) is 26.0 Å². The van der Waals surface area contributed by atoms with E-state index in [9.17, 15) is 0 Å². The molecule has 0 saturated heterocycles. The van der Waals surface area contributed by atoms with Crippen LogP contribution in [0.1, 0.15) is 23.9 Å². The first-order valence-electron chi connectivity index (χ1n) is 6.24. The lowest BCUT2D eigenvalue weighted by Gasteiger charge is -2.11. The maximum atomic E-state index is 6.11. The van der Waals surface area contributed by atoms with Crippen molar-refractivity contribution in [3.05, 3.63) is 44.6 Å². The molecule has 6 heteroatoms. The summed E-state index contributed by atoms with van der Waals surface area (Å²) in [5.74, 6) is 1.03. The summed E-state index contributed by atoms with van der Waals surface area (Å²) in [5, 5.41) is 5.06. The van der Waals surface area contributed by atoms with Gasteiger partial charge in [0.05, 0.1) is 21.7 Å². The minimum absolute atomic E-state index is 0.321. The van der Waals surface area contributed by atoms with Crippen molar-refractivity contribution in [2.75, 3.05) is 0 Å². The zero-order valence-corrected chi connectivity index (χ0v) is 14.4. The van der Waals surface area contributed by atoms with Crippen LogP contribution in [-0.4, -0.2) is 9.78 Å². The van der Waals surface area contributed by atoms with Gasteiger partial charge >= 0.3 is 0 Å². The molecule has 0 aliphatic rings. The number of hydrogen-bond acceptors (Lipinski definition) is 2. The number of ether oxygens (including phenoxy) is 1. The SMILES string of the molecule is CCc1nn(C)c(COc2cccc(Cl)c2CCl)c1Br. The van der Waals surface area contributed by atoms with Gasteiger partial charge < -0.3 is 4.74 Å². The molecule has 1 aromatic carbocycles. The van der Waals surface area contributed by atoms with Crippen molar-refractivity contribution >= 4 is 39.1 Å². The summed E-state index contributed by atoms with van der Waals surface area (Å²) in [5.41, 5.74) is 2.82. The number of alkyl halides is 1. The Hall–Kier alpha value is -0.710. The number of halogens is 3. The molecule has 0 fully saturated rings. The Morgan fingerprint density at radius 1 is 1.40 bits per heavy atom. The molecule has 0 spiro atoms. The molecule has 0 amide bonds. The van der Waals surface area contributed by atoms with Crippen LogP contribution < -0.4 is 4.74 Å². The van der Waals surface area contributed by atoms with Gasteiger partial charge in [-0.15, -0.1) is 11.6 Å². The average Bonchev–Trinajstić information content (AvgIpc) is 2.71. The monoisotopic (exact) mass is 376 g/mol. The van der Waals surface area contributed by atoms with E-state index in [1.807, 2.05) is 23.9 Å². The number of benzene rings is 1. The van der Waals surface area contributed by atoms with E-state index in [0.29, 0.717) is 23.3 Å². The smallest absolute Gasteiger partial charge is 0.131 e. The van der Waals surface area contributed by atoms with Crippen molar-refractivity contribution in [2.45, 2.75) is 25.8 Å². The second kappa shape index (κ2) is 6.83. The van der Waals surface area contributed by atoms with Gasteiger partial charge in [-0.3, -0.25) is 4.68 Å². The van der Waals surface area contributed by atoms with Gasteiger partial charge in [-0.25, -0.2) is 0 Å². The lowest BCUT2D eigenvalue weighted by Crippen LogP contribution is -2.04. The van der Waals surface area contributed by atoms with Gasteiger partial charge in [0, 0.05) is 17.6 Å². The molecule has 1 heterocycles. The van der Waals surface area contributed by atoms with Crippen molar-refractivity contribution in [1.29, 1.82) is 0 Å². The number of hydrogen-bond donors (Lipinski definition) is 0. The lowest BCUT2D eigenvalue weighted by molar-refractivity contribution is 0.292. The maximum Gasteiger partial charge on any atom is 0.131 e. The molecule has 2 aromatic rings. The first-order chi connectivity index (χ1) is 9.58. The summed E-state index contributed by atoms with van der Waals surface area (Å²) in [6.07, 6.45) is 0.874. The predicted octanol–water partition coefficient (Wildman–Crippen LogP) is 4.72. The molecule has 2 rings (SSSR count). The highest BCUT2D eigenvalue weighted by atomic mass is 79.9. The Kier molecular flexibility index (Phi) is 5.35. The minimum Gasteiger partial charge on any atom is -0.487 e. The zero-order chi connectivity index (χ0) is 14.7. The Morgan fingerprint density at radius 2 is 2.15 bits per heavy atom. The van der Waals surface area contributed by atoms with Gasteiger partial charge in [0.15, 0.2) is 0 Å². The minimum atomic E-state index is 0.321. The molecule has 0 aliphatic carbocycles. The summed E-state index contributed by atoms with van der Waals surface area (Å²) < 4.78 is 8.68. The standard InChI is InChI=1S/C14H15BrCl2N2O/c1-3-11-14(15)12(19(2)18-11)8-20-13-6-4-5-10(17)9(13)7-16/h4-6H,3,7-8H2,1-2H3. The predicted molar refractivity (Wildman–Crippen MR) is 85.6 cm³/mol. The molecule has 1 aromatic heterocycles.